The Labute approximate surface area is 134 Å². The van der Waals surface area contributed by atoms with E-state index in [0.717, 1.165) is 31.1 Å². The van der Waals surface area contributed by atoms with E-state index in [4.69, 9.17) is 4.42 Å². The number of carbonyl (C=O) groups is 1. The van der Waals surface area contributed by atoms with Gasteiger partial charge in [0.1, 0.15) is 11.1 Å². The van der Waals surface area contributed by atoms with Crippen LogP contribution in [0, 0.1) is 12.8 Å². The summed E-state index contributed by atoms with van der Waals surface area (Å²) in [5, 5.41) is 13.6. The fourth-order valence-corrected chi connectivity index (χ4v) is 3.36. The second kappa shape index (κ2) is 6.54. The van der Waals surface area contributed by atoms with Gasteiger partial charge in [-0.3, -0.25) is 4.79 Å². The Hall–Kier alpha value is -2.14. The summed E-state index contributed by atoms with van der Waals surface area (Å²) in [6.07, 6.45) is 3.68. The number of aliphatic hydroxyl groups is 1. The number of aliphatic hydroxyl groups excluding tert-OH is 1. The van der Waals surface area contributed by atoms with Gasteiger partial charge < -0.3 is 14.8 Å². The Kier molecular flexibility index (Phi) is 4.48. The lowest BCUT2D eigenvalue weighted by Crippen LogP contribution is -2.37. The number of benzene rings is 1. The van der Waals surface area contributed by atoms with Gasteiger partial charge in [0.25, 0.3) is 5.91 Å². The summed E-state index contributed by atoms with van der Waals surface area (Å²) in [7, 11) is 0. The third-order valence-corrected chi connectivity index (χ3v) is 4.72. The van der Waals surface area contributed by atoms with Crippen LogP contribution < -0.4 is 10.9 Å². The number of hydrogen-bond donors (Lipinski definition) is 2. The van der Waals surface area contributed by atoms with Crippen molar-refractivity contribution in [2.45, 2.75) is 38.7 Å². The SMILES string of the molecule is Cc1c(C(=O)NC[C@@H](O)C2CCCC2)c(=O)oc2ccccc12. The van der Waals surface area contributed by atoms with E-state index in [0.29, 0.717) is 11.1 Å². The normalized spacial score (nSPS) is 16.6. The third-order valence-electron chi connectivity index (χ3n) is 4.72. The van der Waals surface area contributed by atoms with Gasteiger partial charge in [-0.1, -0.05) is 31.0 Å². The van der Waals surface area contributed by atoms with E-state index in [1.165, 1.54) is 0 Å². The van der Waals surface area contributed by atoms with Crippen molar-refractivity contribution in [3.63, 3.8) is 0 Å². The lowest BCUT2D eigenvalue weighted by Gasteiger charge is -2.18. The first-order valence-corrected chi connectivity index (χ1v) is 8.06. The number of rotatable bonds is 4. The van der Waals surface area contributed by atoms with Gasteiger partial charge >= 0.3 is 5.63 Å². The Bertz CT molecular complexity index is 774. The standard InChI is InChI=1S/C18H21NO4/c1-11-13-8-4-5-9-15(13)23-18(22)16(11)17(21)19-10-14(20)12-6-2-3-7-12/h4-5,8-9,12,14,20H,2-3,6-7,10H2,1H3,(H,19,21)/t14-/m1/s1. The molecule has 1 aliphatic rings. The van der Waals surface area contributed by atoms with Crippen LogP contribution in [0.2, 0.25) is 0 Å². The molecule has 0 unspecified atom stereocenters. The zero-order valence-corrected chi connectivity index (χ0v) is 13.2. The molecule has 23 heavy (non-hydrogen) atoms. The Balaban J connectivity index is 1.79. The molecule has 5 nitrogen and oxygen atoms in total. The molecule has 1 aromatic carbocycles. The molecule has 3 rings (SSSR count). The minimum atomic E-state index is -0.644. The summed E-state index contributed by atoms with van der Waals surface area (Å²) in [5.74, 6) is -0.247. The van der Waals surface area contributed by atoms with E-state index in [1.54, 1.807) is 19.1 Å². The molecule has 0 radical (unpaired) electrons. The average Bonchev–Trinajstić information content (AvgIpc) is 3.07. The number of amides is 1. The molecule has 1 amide bonds. The monoisotopic (exact) mass is 315 g/mol. The fraction of sp³-hybridized carbons (Fsp3) is 0.444. The number of aryl methyl sites for hydroxylation is 1. The third kappa shape index (κ3) is 3.15. The van der Waals surface area contributed by atoms with E-state index in [1.807, 2.05) is 12.1 Å². The first-order chi connectivity index (χ1) is 11.1. The molecule has 1 aromatic heterocycles. The highest BCUT2D eigenvalue weighted by Gasteiger charge is 2.25. The van der Waals surface area contributed by atoms with Crippen molar-refractivity contribution in [1.82, 2.24) is 5.32 Å². The lowest BCUT2D eigenvalue weighted by atomic mass is 10.0. The van der Waals surface area contributed by atoms with Gasteiger partial charge in [-0.2, -0.15) is 0 Å². The van der Waals surface area contributed by atoms with Crippen molar-refractivity contribution in [3.8, 4) is 0 Å². The number of carbonyl (C=O) groups excluding carboxylic acids is 1. The molecule has 1 saturated carbocycles. The highest BCUT2D eigenvalue weighted by molar-refractivity contribution is 5.99. The molecule has 1 heterocycles. The van der Waals surface area contributed by atoms with Crippen LogP contribution in [-0.2, 0) is 0 Å². The van der Waals surface area contributed by atoms with Crippen molar-refractivity contribution >= 4 is 16.9 Å². The highest BCUT2D eigenvalue weighted by Crippen LogP contribution is 2.27. The second-order valence-corrected chi connectivity index (χ2v) is 6.21. The summed E-state index contributed by atoms with van der Waals surface area (Å²) in [4.78, 5) is 24.5. The van der Waals surface area contributed by atoms with Gasteiger partial charge in [0.05, 0.1) is 6.10 Å². The number of hydrogen-bond acceptors (Lipinski definition) is 4. The van der Waals surface area contributed by atoms with Crippen LogP contribution in [0.15, 0.2) is 33.5 Å². The van der Waals surface area contributed by atoms with Gasteiger partial charge in [0.2, 0.25) is 0 Å². The van der Waals surface area contributed by atoms with Crippen molar-refractivity contribution in [2.75, 3.05) is 6.54 Å². The summed E-state index contributed by atoms with van der Waals surface area (Å²) in [6.45, 7) is 1.90. The van der Waals surface area contributed by atoms with Crippen LogP contribution in [0.3, 0.4) is 0 Å². The van der Waals surface area contributed by atoms with Crippen LogP contribution in [-0.4, -0.2) is 23.7 Å². The molecule has 1 aliphatic carbocycles. The quantitative estimate of drug-likeness (QED) is 0.849. The smallest absolute Gasteiger partial charge is 0.349 e. The predicted octanol–water partition coefficient (Wildman–Crippen LogP) is 2.38. The molecule has 1 atom stereocenters. The number of fused-ring (bicyclic) bond motifs is 1. The minimum Gasteiger partial charge on any atom is -0.422 e. The fourth-order valence-electron chi connectivity index (χ4n) is 3.36. The van der Waals surface area contributed by atoms with Gasteiger partial charge in [-0.15, -0.1) is 0 Å². The Morgan fingerprint density at radius 3 is 2.78 bits per heavy atom. The van der Waals surface area contributed by atoms with Crippen LogP contribution in [0.5, 0.6) is 0 Å². The zero-order chi connectivity index (χ0) is 16.4. The minimum absolute atomic E-state index is 0.0160. The van der Waals surface area contributed by atoms with E-state index in [-0.39, 0.29) is 18.0 Å². The predicted molar refractivity (Wildman–Crippen MR) is 87.5 cm³/mol. The van der Waals surface area contributed by atoms with Gasteiger partial charge in [0.15, 0.2) is 0 Å². The largest absolute Gasteiger partial charge is 0.422 e. The van der Waals surface area contributed by atoms with Crippen molar-refractivity contribution < 1.29 is 14.3 Å². The zero-order valence-electron chi connectivity index (χ0n) is 13.2. The summed E-state index contributed by atoms with van der Waals surface area (Å²) in [5.41, 5.74) is 0.443. The number of nitrogens with one attached hydrogen (secondary N) is 1. The molecule has 1 fully saturated rings. The maximum absolute atomic E-state index is 12.4. The Morgan fingerprint density at radius 1 is 1.35 bits per heavy atom. The second-order valence-electron chi connectivity index (χ2n) is 6.21. The molecule has 2 N–H and O–H groups in total. The van der Waals surface area contributed by atoms with E-state index in [9.17, 15) is 14.7 Å². The lowest BCUT2D eigenvalue weighted by molar-refractivity contribution is 0.0837. The van der Waals surface area contributed by atoms with E-state index < -0.39 is 17.6 Å². The first-order valence-electron chi connectivity index (χ1n) is 8.06. The topological polar surface area (TPSA) is 79.5 Å². The summed E-state index contributed by atoms with van der Waals surface area (Å²) >= 11 is 0. The number of para-hydroxylation sites is 1. The van der Waals surface area contributed by atoms with Crippen LogP contribution >= 0.6 is 0 Å². The molecule has 0 aliphatic heterocycles. The summed E-state index contributed by atoms with van der Waals surface area (Å²) in [6, 6.07) is 7.14. The maximum atomic E-state index is 12.4. The van der Waals surface area contributed by atoms with Crippen LogP contribution in [0.1, 0.15) is 41.6 Å². The highest BCUT2D eigenvalue weighted by atomic mass is 16.4. The first kappa shape index (κ1) is 15.7. The maximum Gasteiger partial charge on any atom is 0.349 e. The summed E-state index contributed by atoms with van der Waals surface area (Å²) < 4.78 is 5.22. The van der Waals surface area contributed by atoms with Crippen molar-refractivity contribution in [2.24, 2.45) is 5.92 Å². The van der Waals surface area contributed by atoms with Crippen LogP contribution in [0.4, 0.5) is 0 Å². The molecule has 2 aromatic rings. The Morgan fingerprint density at radius 2 is 2.04 bits per heavy atom. The van der Waals surface area contributed by atoms with E-state index >= 15 is 0 Å². The van der Waals surface area contributed by atoms with Crippen molar-refractivity contribution in [1.29, 1.82) is 0 Å². The van der Waals surface area contributed by atoms with Gasteiger partial charge in [0, 0.05) is 11.9 Å². The molecule has 5 heteroatoms. The van der Waals surface area contributed by atoms with Crippen molar-refractivity contribution in [3.05, 3.63) is 45.8 Å². The van der Waals surface area contributed by atoms with Gasteiger partial charge in [-0.05, 0) is 37.3 Å². The molecule has 0 spiro atoms. The van der Waals surface area contributed by atoms with E-state index in [2.05, 4.69) is 5.32 Å². The molecular weight excluding hydrogens is 294 g/mol. The molecule has 0 bridgehead atoms. The van der Waals surface area contributed by atoms with Gasteiger partial charge in [-0.25, -0.2) is 4.79 Å². The average molecular weight is 315 g/mol. The van der Waals surface area contributed by atoms with Crippen LogP contribution in [0.25, 0.3) is 11.0 Å². The molecule has 0 saturated heterocycles. The molecule has 122 valence electrons. The molecular formula is C18H21NO4.